The molecule has 2 aromatic heterocycles. The number of nitrogens with zero attached hydrogens (tertiary/aromatic N) is 5. The van der Waals surface area contributed by atoms with Gasteiger partial charge in [-0.3, -0.25) is 0 Å². The molecule has 0 N–H and O–H groups in total. The Morgan fingerprint density at radius 3 is 2.75 bits per heavy atom. The van der Waals surface area contributed by atoms with Crippen LogP contribution >= 0.6 is 0 Å². The minimum Gasteiger partial charge on any atom is -0.237 e. The Hall–Kier alpha value is -2.35. The van der Waals surface area contributed by atoms with Crippen LogP contribution in [0.25, 0.3) is 11.4 Å². The smallest absolute Gasteiger partial charge is 0.197 e. The molecule has 0 unspecified atom stereocenters. The maximum Gasteiger partial charge on any atom is 0.197 e. The standard InChI is InChI=1S/C11H10N5/c12-4-1-7-16-8-3-10(9-15-16)11-13-5-2-6-14-11/h2-3,5-6,8-9H,1,7H2/q+1. The summed E-state index contributed by atoms with van der Waals surface area (Å²) < 4.78 is 1.72. The highest BCUT2D eigenvalue weighted by Crippen LogP contribution is 2.08. The topological polar surface area (TPSA) is 66.3 Å². The van der Waals surface area contributed by atoms with Crippen molar-refractivity contribution in [3.05, 3.63) is 36.9 Å². The molecule has 0 bridgehead atoms. The number of aryl methyl sites for hydroxylation is 1. The second kappa shape index (κ2) is 4.94. The van der Waals surface area contributed by atoms with E-state index < -0.39 is 0 Å². The van der Waals surface area contributed by atoms with Crippen LogP contribution in [-0.4, -0.2) is 15.1 Å². The van der Waals surface area contributed by atoms with Crippen molar-refractivity contribution >= 4 is 0 Å². The van der Waals surface area contributed by atoms with Crippen molar-refractivity contribution in [2.45, 2.75) is 13.0 Å². The van der Waals surface area contributed by atoms with Gasteiger partial charge in [-0.25, -0.2) is 9.97 Å². The number of nitriles is 1. The number of hydrogen-bond acceptors (Lipinski definition) is 4. The summed E-state index contributed by atoms with van der Waals surface area (Å²) in [6.07, 6.45) is 7.37. The molecule has 2 heterocycles. The third-order valence-corrected chi connectivity index (χ3v) is 2.05. The van der Waals surface area contributed by atoms with Crippen LogP contribution in [0.2, 0.25) is 0 Å². The number of rotatable bonds is 3. The molecule has 2 aromatic rings. The van der Waals surface area contributed by atoms with E-state index in [0.717, 1.165) is 5.56 Å². The van der Waals surface area contributed by atoms with E-state index in [2.05, 4.69) is 21.1 Å². The summed E-state index contributed by atoms with van der Waals surface area (Å²) in [4.78, 5) is 8.26. The molecule has 0 saturated heterocycles. The summed E-state index contributed by atoms with van der Waals surface area (Å²) in [5.41, 5.74) is 0.869. The Bertz CT molecular complexity index is 486. The number of aromatic nitrogens is 4. The fourth-order valence-corrected chi connectivity index (χ4v) is 1.26. The molecule has 0 aliphatic carbocycles. The summed E-state index contributed by atoms with van der Waals surface area (Å²) in [5, 5.41) is 12.6. The summed E-state index contributed by atoms with van der Waals surface area (Å²) in [7, 11) is 0. The molecule has 0 spiro atoms. The lowest BCUT2D eigenvalue weighted by Crippen LogP contribution is -2.37. The van der Waals surface area contributed by atoms with Crippen LogP contribution in [0.3, 0.4) is 0 Å². The minimum atomic E-state index is 0.457. The van der Waals surface area contributed by atoms with Gasteiger partial charge in [-0.2, -0.15) is 5.26 Å². The summed E-state index contributed by atoms with van der Waals surface area (Å²) in [5.74, 6) is 0.655. The van der Waals surface area contributed by atoms with Gasteiger partial charge in [0.2, 0.25) is 0 Å². The zero-order valence-electron chi connectivity index (χ0n) is 8.61. The van der Waals surface area contributed by atoms with Gasteiger partial charge in [0, 0.05) is 24.0 Å². The van der Waals surface area contributed by atoms with Gasteiger partial charge in [-0.1, -0.05) is 4.68 Å². The van der Waals surface area contributed by atoms with Crippen LogP contribution in [0, 0.1) is 11.3 Å². The lowest BCUT2D eigenvalue weighted by atomic mass is 10.3. The molecule has 0 aromatic carbocycles. The Labute approximate surface area is 93.0 Å². The van der Waals surface area contributed by atoms with Gasteiger partial charge >= 0.3 is 0 Å². The predicted octanol–water partition coefficient (Wildman–Crippen LogP) is 0.740. The van der Waals surface area contributed by atoms with Crippen molar-refractivity contribution in [1.82, 2.24) is 15.1 Å². The van der Waals surface area contributed by atoms with E-state index in [1.165, 1.54) is 0 Å². The van der Waals surface area contributed by atoms with Crippen LogP contribution in [0.4, 0.5) is 0 Å². The molecular formula is C11H10N5+. The molecule has 0 radical (unpaired) electrons. The largest absolute Gasteiger partial charge is 0.237 e. The lowest BCUT2D eigenvalue weighted by molar-refractivity contribution is -0.752. The molecule has 0 aliphatic rings. The fourth-order valence-electron chi connectivity index (χ4n) is 1.26. The highest BCUT2D eigenvalue weighted by molar-refractivity contribution is 5.51. The van der Waals surface area contributed by atoms with Crippen molar-refractivity contribution in [3.8, 4) is 17.5 Å². The predicted molar refractivity (Wildman–Crippen MR) is 55.7 cm³/mol. The first-order valence-electron chi connectivity index (χ1n) is 4.90. The van der Waals surface area contributed by atoms with Gasteiger partial charge in [-0.05, 0) is 11.2 Å². The maximum absolute atomic E-state index is 8.45. The lowest BCUT2D eigenvalue weighted by Gasteiger charge is -1.96. The molecular weight excluding hydrogens is 202 g/mol. The monoisotopic (exact) mass is 212 g/mol. The van der Waals surface area contributed by atoms with E-state index in [0.29, 0.717) is 18.8 Å². The third-order valence-electron chi connectivity index (χ3n) is 2.05. The van der Waals surface area contributed by atoms with Crippen molar-refractivity contribution in [1.29, 1.82) is 5.26 Å². The molecule has 0 fully saturated rings. The van der Waals surface area contributed by atoms with Gasteiger partial charge in [0.05, 0.1) is 12.5 Å². The Kier molecular flexibility index (Phi) is 3.14. The molecule has 5 heteroatoms. The van der Waals surface area contributed by atoms with Crippen molar-refractivity contribution in [2.75, 3.05) is 0 Å². The Morgan fingerprint density at radius 1 is 1.31 bits per heavy atom. The second-order valence-corrected chi connectivity index (χ2v) is 3.16. The normalized spacial score (nSPS) is 9.69. The van der Waals surface area contributed by atoms with Crippen LogP contribution in [0.15, 0.2) is 36.9 Å². The van der Waals surface area contributed by atoms with E-state index in [4.69, 9.17) is 5.26 Å². The van der Waals surface area contributed by atoms with Gasteiger partial charge in [0.1, 0.15) is 6.20 Å². The maximum atomic E-state index is 8.45. The Morgan fingerprint density at radius 2 is 2.12 bits per heavy atom. The highest BCUT2D eigenvalue weighted by Gasteiger charge is 2.05. The molecule has 0 aliphatic heterocycles. The highest BCUT2D eigenvalue weighted by atomic mass is 15.2. The molecule has 16 heavy (non-hydrogen) atoms. The van der Waals surface area contributed by atoms with Crippen LogP contribution in [0.5, 0.6) is 0 Å². The zero-order valence-corrected chi connectivity index (χ0v) is 8.61. The Balaban J connectivity index is 2.17. The molecule has 0 saturated carbocycles. The average Bonchev–Trinajstić information content (AvgIpc) is 2.38. The molecule has 0 atom stereocenters. The second-order valence-electron chi connectivity index (χ2n) is 3.16. The summed E-state index contributed by atoms with van der Waals surface area (Å²) in [6, 6.07) is 5.74. The third kappa shape index (κ3) is 2.36. The van der Waals surface area contributed by atoms with E-state index in [9.17, 15) is 0 Å². The van der Waals surface area contributed by atoms with Crippen LogP contribution in [0.1, 0.15) is 6.42 Å². The number of hydrogen-bond donors (Lipinski definition) is 0. The summed E-state index contributed by atoms with van der Waals surface area (Å²) >= 11 is 0. The first-order chi connectivity index (χ1) is 7.90. The van der Waals surface area contributed by atoms with Gasteiger partial charge in [0.25, 0.3) is 0 Å². The van der Waals surface area contributed by atoms with Crippen molar-refractivity contribution < 1.29 is 4.68 Å². The summed E-state index contributed by atoms with van der Waals surface area (Å²) in [6.45, 7) is 0.604. The van der Waals surface area contributed by atoms with Crippen molar-refractivity contribution in [3.63, 3.8) is 0 Å². The van der Waals surface area contributed by atoms with E-state index in [1.807, 2.05) is 12.3 Å². The zero-order chi connectivity index (χ0) is 11.2. The fraction of sp³-hybridized carbons (Fsp3) is 0.182. The average molecular weight is 212 g/mol. The van der Waals surface area contributed by atoms with Gasteiger partial charge in [-0.15, -0.1) is 0 Å². The molecule has 5 nitrogen and oxygen atoms in total. The molecule has 0 amide bonds. The van der Waals surface area contributed by atoms with Crippen molar-refractivity contribution in [2.24, 2.45) is 0 Å². The first kappa shape index (κ1) is 10.2. The molecule has 78 valence electrons. The van der Waals surface area contributed by atoms with Crippen LogP contribution in [-0.2, 0) is 6.54 Å². The quantitative estimate of drug-likeness (QED) is 0.704. The first-order valence-corrected chi connectivity index (χ1v) is 4.90. The van der Waals surface area contributed by atoms with Crippen LogP contribution < -0.4 is 4.68 Å². The SMILES string of the molecule is N#CCC[n+]1ccc(-c2ncccn2)cn1. The van der Waals surface area contributed by atoms with E-state index in [1.54, 1.807) is 29.3 Å². The van der Waals surface area contributed by atoms with Gasteiger partial charge in [0.15, 0.2) is 18.6 Å². The minimum absolute atomic E-state index is 0.457. The van der Waals surface area contributed by atoms with E-state index in [-0.39, 0.29) is 0 Å². The molecule has 2 rings (SSSR count). The van der Waals surface area contributed by atoms with E-state index >= 15 is 0 Å². The van der Waals surface area contributed by atoms with Gasteiger partial charge < -0.3 is 0 Å².